The first-order chi connectivity index (χ1) is 10.1. The van der Waals surface area contributed by atoms with E-state index in [9.17, 15) is 4.79 Å². The van der Waals surface area contributed by atoms with E-state index in [1.807, 2.05) is 18.2 Å². The largest absolute Gasteiger partial charge is 0.495 e. The molecule has 1 aliphatic heterocycles. The number of rotatable bonds is 6. The minimum atomic E-state index is -0.720. The number of likely N-dealkylation sites (tertiary alicyclic amines) is 1. The Morgan fingerprint density at radius 3 is 3.05 bits per heavy atom. The third-order valence-electron chi connectivity index (χ3n) is 3.93. The van der Waals surface area contributed by atoms with E-state index in [4.69, 9.17) is 15.1 Å². The van der Waals surface area contributed by atoms with Gasteiger partial charge in [0.1, 0.15) is 11.8 Å². The number of hydrogen-bond donors (Lipinski definition) is 1. The average molecular weight is 288 g/mol. The molecule has 0 saturated carbocycles. The van der Waals surface area contributed by atoms with Crippen molar-refractivity contribution in [2.45, 2.75) is 25.8 Å². The molecule has 0 aromatic heterocycles. The second kappa shape index (κ2) is 7.09. The summed E-state index contributed by atoms with van der Waals surface area (Å²) in [6.07, 6.45) is 2.05. The van der Waals surface area contributed by atoms with E-state index in [0.717, 1.165) is 38.0 Å². The molecule has 0 amide bonds. The summed E-state index contributed by atoms with van der Waals surface area (Å²) in [5.74, 6) is 0.346. The highest BCUT2D eigenvalue weighted by atomic mass is 16.5. The number of ether oxygens (including phenoxy) is 1. The molecule has 1 heterocycles. The lowest BCUT2D eigenvalue weighted by Gasteiger charge is -2.16. The summed E-state index contributed by atoms with van der Waals surface area (Å²) in [6, 6.07) is 7.81. The Bertz CT molecular complexity index is 551. The minimum absolute atomic E-state index is 0.250. The van der Waals surface area contributed by atoms with Crippen LogP contribution in [0.4, 0.5) is 0 Å². The molecular formula is C16H20N2O3. The number of benzene rings is 1. The summed E-state index contributed by atoms with van der Waals surface area (Å²) >= 11 is 0. The molecule has 2 rings (SSSR count). The van der Waals surface area contributed by atoms with Crippen LogP contribution in [0.1, 0.15) is 30.4 Å². The fourth-order valence-corrected chi connectivity index (χ4v) is 2.82. The van der Waals surface area contributed by atoms with E-state index < -0.39 is 5.97 Å². The lowest BCUT2D eigenvalue weighted by molar-refractivity contribution is -0.137. The fraction of sp³-hybridized carbons (Fsp3) is 0.500. The van der Waals surface area contributed by atoms with Crippen LogP contribution in [0.3, 0.4) is 0 Å². The first kappa shape index (κ1) is 15.3. The molecule has 112 valence electrons. The van der Waals surface area contributed by atoms with Crippen molar-refractivity contribution >= 4 is 5.97 Å². The van der Waals surface area contributed by atoms with Crippen molar-refractivity contribution < 1.29 is 14.6 Å². The Labute approximate surface area is 124 Å². The molecule has 21 heavy (non-hydrogen) atoms. The lowest BCUT2D eigenvalue weighted by Crippen LogP contribution is -2.20. The molecule has 0 radical (unpaired) electrons. The van der Waals surface area contributed by atoms with Crippen LogP contribution < -0.4 is 4.74 Å². The molecule has 0 spiro atoms. The quantitative estimate of drug-likeness (QED) is 0.869. The second-order valence-corrected chi connectivity index (χ2v) is 5.47. The molecule has 5 heteroatoms. The lowest BCUT2D eigenvalue weighted by atomic mass is 10.0. The van der Waals surface area contributed by atoms with Crippen molar-refractivity contribution in [2.75, 3.05) is 20.2 Å². The van der Waals surface area contributed by atoms with Crippen LogP contribution in [0.25, 0.3) is 0 Å². The van der Waals surface area contributed by atoms with Crippen molar-refractivity contribution in [1.82, 2.24) is 4.90 Å². The summed E-state index contributed by atoms with van der Waals surface area (Å²) in [6.45, 7) is 2.71. The summed E-state index contributed by atoms with van der Waals surface area (Å²) in [4.78, 5) is 12.9. The van der Waals surface area contributed by atoms with Crippen molar-refractivity contribution in [3.8, 4) is 11.8 Å². The van der Waals surface area contributed by atoms with Gasteiger partial charge in [0.2, 0.25) is 0 Å². The first-order valence-corrected chi connectivity index (χ1v) is 7.13. The number of aliphatic carboxylic acids is 1. The molecule has 0 bridgehead atoms. The zero-order chi connectivity index (χ0) is 15.2. The number of carbonyl (C=O) groups is 1. The van der Waals surface area contributed by atoms with Gasteiger partial charge in [-0.15, -0.1) is 0 Å². The number of nitrogens with zero attached hydrogens (tertiary/aromatic N) is 2. The van der Waals surface area contributed by atoms with Gasteiger partial charge in [0.15, 0.2) is 0 Å². The summed E-state index contributed by atoms with van der Waals surface area (Å²) in [5.41, 5.74) is 1.64. The van der Waals surface area contributed by atoms with Gasteiger partial charge < -0.3 is 9.84 Å². The van der Waals surface area contributed by atoms with Crippen LogP contribution in [0.15, 0.2) is 18.2 Å². The van der Waals surface area contributed by atoms with Crippen molar-refractivity contribution in [2.24, 2.45) is 5.92 Å². The van der Waals surface area contributed by atoms with Crippen LogP contribution in [0.5, 0.6) is 5.75 Å². The van der Waals surface area contributed by atoms with Crippen LogP contribution in [-0.4, -0.2) is 36.2 Å². The number of carboxylic acids is 1. The Balaban J connectivity index is 1.91. The van der Waals surface area contributed by atoms with Crippen LogP contribution in [-0.2, 0) is 11.3 Å². The van der Waals surface area contributed by atoms with Gasteiger partial charge >= 0.3 is 5.97 Å². The van der Waals surface area contributed by atoms with Gasteiger partial charge in [0.25, 0.3) is 0 Å². The van der Waals surface area contributed by atoms with Crippen LogP contribution >= 0.6 is 0 Å². The third kappa shape index (κ3) is 4.20. The smallest absolute Gasteiger partial charge is 0.303 e. The maximum atomic E-state index is 10.6. The predicted octanol–water partition coefficient (Wildman–Crippen LogP) is 2.25. The summed E-state index contributed by atoms with van der Waals surface area (Å²) in [5, 5.41) is 17.8. The number of carboxylic acid groups (broad SMARTS) is 1. The van der Waals surface area contributed by atoms with Gasteiger partial charge in [-0.2, -0.15) is 5.26 Å². The van der Waals surface area contributed by atoms with Gasteiger partial charge in [-0.05, 0) is 43.0 Å². The highest BCUT2D eigenvalue weighted by Crippen LogP contribution is 2.24. The highest BCUT2D eigenvalue weighted by molar-refractivity contribution is 5.66. The molecule has 1 atom stereocenters. The average Bonchev–Trinajstić information content (AvgIpc) is 2.92. The predicted molar refractivity (Wildman–Crippen MR) is 78.0 cm³/mol. The number of nitriles is 1. The molecule has 1 unspecified atom stereocenters. The van der Waals surface area contributed by atoms with Gasteiger partial charge in [0.05, 0.1) is 12.7 Å². The molecule has 1 saturated heterocycles. The summed E-state index contributed by atoms with van der Waals surface area (Å²) in [7, 11) is 1.56. The third-order valence-corrected chi connectivity index (χ3v) is 3.93. The number of methoxy groups -OCH3 is 1. The highest BCUT2D eigenvalue weighted by Gasteiger charge is 2.23. The Morgan fingerprint density at radius 1 is 1.57 bits per heavy atom. The minimum Gasteiger partial charge on any atom is -0.495 e. The molecule has 1 fully saturated rings. The normalized spacial score (nSPS) is 18.4. The second-order valence-electron chi connectivity index (χ2n) is 5.47. The Hall–Kier alpha value is -2.06. The standard InChI is InChI=1S/C16H20N2O3/c1-21-15-4-2-13(8-14(15)9-17)11-18-7-6-12(10-18)3-5-16(19)20/h2,4,8,12H,3,5-7,10-11H2,1H3,(H,19,20). The van der Waals surface area contributed by atoms with Crippen LogP contribution in [0, 0.1) is 17.2 Å². The maximum absolute atomic E-state index is 10.6. The van der Waals surface area contributed by atoms with E-state index in [-0.39, 0.29) is 6.42 Å². The van der Waals surface area contributed by atoms with Gasteiger partial charge in [0, 0.05) is 19.5 Å². The molecular weight excluding hydrogens is 268 g/mol. The van der Waals surface area contributed by atoms with Gasteiger partial charge in [-0.3, -0.25) is 9.69 Å². The van der Waals surface area contributed by atoms with Crippen LogP contribution in [0.2, 0.25) is 0 Å². The first-order valence-electron chi connectivity index (χ1n) is 7.13. The van der Waals surface area contributed by atoms with E-state index in [2.05, 4.69) is 11.0 Å². The molecule has 1 aliphatic rings. The van der Waals surface area contributed by atoms with Gasteiger partial charge in [-0.25, -0.2) is 0 Å². The van der Waals surface area contributed by atoms with Gasteiger partial charge in [-0.1, -0.05) is 6.07 Å². The maximum Gasteiger partial charge on any atom is 0.303 e. The summed E-state index contributed by atoms with van der Waals surface area (Å²) < 4.78 is 5.14. The Morgan fingerprint density at radius 2 is 2.38 bits per heavy atom. The molecule has 1 aromatic rings. The van der Waals surface area contributed by atoms with E-state index >= 15 is 0 Å². The van der Waals surface area contributed by atoms with Crippen molar-refractivity contribution in [3.63, 3.8) is 0 Å². The fourth-order valence-electron chi connectivity index (χ4n) is 2.82. The Kier molecular flexibility index (Phi) is 5.18. The molecule has 0 aliphatic carbocycles. The molecule has 5 nitrogen and oxygen atoms in total. The SMILES string of the molecule is COc1ccc(CN2CCC(CCC(=O)O)C2)cc1C#N. The van der Waals surface area contributed by atoms with E-state index in [1.165, 1.54) is 0 Å². The van der Waals surface area contributed by atoms with Crippen molar-refractivity contribution in [3.05, 3.63) is 29.3 Å². The number of hydrogen-bond acceptors (Lipinski definition) is 4. The van der Waals surface area contributed by atoms with E-state index in [0.29, 0.717) is 17.2 Å². The topological polar surface area (TPSA) is 73.6 Å². The molecule has 1 N–H and O–H groups in total. The zero-order valence-corrected chi connectivity index (χ0v) is 12.2. The monoisotopic (exact) mass is 288 g/mol. The van der Waals surface area contributed by atoms with Crippen molar-refractivity contribution in [1.29, 1.82) is 5.26 Å². The zero-order valence-electron chi connectivity index (χ0n) is 12.2. The van der Waals surface area contributed by atoms with E-state index in [1.54, 1.807) is 7.11 Å². The molecule has 1 aromatic carbocycles.